The molecule has 1 fully saturated rings. The first-order valence-electron chi connectivity index (χ1n) is 7.73. The highest BCUT2D eigenvalue weighted by Gasteiger charge is 2.27. The van der Waals surface area contributed by atoms with E-state index in [2.05, 4.69) is 11.9 Å². The molecule has 0 aromatic carbocycles. The van der Waals surface area contributed by atoms with Crippen molar-refractivity contribution in [2.45, 2.75) is 50.5 Å². The van der Waals surface area contributed by atoms with Crippen LogP contribution in [-0.4, -0.2) is 30.8 Å². The zero-order valence-electron chi connectivity index (χ0n) is 12.7. The van der Waals surface area contributed by atoms with E-state index in [9.17, 15) is 8.42 Å². The molecular formula is C15H25N3O2S. The predicted molar refractivity (Wildman–Crippen MR) is 83.1 cm³/mol. The summed E-state index contributed by atoms with van der Waals surface area (Å²) in [5.74, 6) is 0.660. The van der Waals surface area contributed by atoms with Crippen molar-refractivity contribution in [1.29, 1.82) is 0 Å². The van der Waals surface area contributed by atoms with Gasteiger partial charge in [-0.15, -0.1) is 0 Å². The van der Waals surface area contributed by atoms with Gasteiger partial charge in [0.2, 0.25) is 10.0 Å². The Bertz CT molecular complexity index is 543. The summed E-state index contributed by atoms with van der Waals surface area (Å²) < 4.78 is 26.9. The summed E-state index contributed by atoms with van der Waals surface area (Å²) >= 11 is 0. The molecule has 6 heteroatoms. The Morgan fingerprint density at radius 1 is 1.33 bits per heavy atom. The van der Waals surface area contributed by atoms with Gasteiger partial charge >= 0.3 is 0 Å². The molecule has 1 aromatic rings. The molecule has 21 heavy (non-hydrogen) atoms. The highest BCUT2D eigenvalue weighted by molar-refractivity contribution is 7.89. The van der Waals surface area contributed by atoms with Crippen molar-refractivity contribution < 1.29 is 8.42 Å². The average molecular weight is 311 g/mol. The first-order chi connectivity index (χ1) is 10.1. The van der Waals surface area contributed by atoms with Crippen LogP contribution in [0.1, 0.15) is 44.7 Å². The average Bonchev–Trinajstić information content (AvgIpc) is 2.74. The minimum atomic E-state index is -3.42. The summed E-state index contributed by atoms with van der Waals surface area (Å²) in [6.07, 6.45) is 6.82. The van der Waals surface area contributed by atoms with Gasteiger partial charge in [-0.2, -0.15) is 4.31 Å². The molecule has 0 amide bonds. The van der Waals surface area contributed by atoms with Gasteiger partial charge in [0.05, 0.1) is 5.69 Å². The monoisotopic (exact) mass is 311 g/mol. The Hall–Kier alpha value is -0.980. The molecule has 2 heterocycles. The number of nitrogens with zero attached hydrogens (tertiary/aromatic N) is 2. The van der Waals surface area contributed by atoms with Gasteiger partial charge in [0, 0.05) is 25.8 Å². The summed E-state index contributed by atoms with van der Waals surface area (Å²) in [6, 6.07) is 3.30. The number of nitrogens with two attached hydrogens (primary N) is 1. The van der Waals surface area contributed by atoms with E-state index in [0.29, 0.717) is 31.2 Å². The fraction of sp³-hybridized carbons (Fsp3) is 0.667. The lowest BCUT2D eigenvalue weighted by Crippen LogP contribution is -2.32. The van der Waals surface area contributed by atoms with E-state index < -0.39 is 10.0 Å². The number of hydrogen-bond donors (Lipinski definition) is 1. The maximum atomic E-state index is 12.7. The molecule has 0 saturated carbocycles. The smallest absolute Gasteiger partial charge is 0.244 e. The van der Waals surface area contributed by atoms with Gasteiger partial charge < -0.3 is 5.73 Å². The van der Waals surface area contributed by atoms with E-state index in [1.54, 1.807) is 16.4 Å². The van der Waals surface area contributed by atoms with Crippen molar-refractivity contribution in [2.75, 3.05) is 13.1 Å². The van der Waals surface area contributed by atoms with Gasteiger partial charge in [0.15, 0.2) is 0 Å². The van der Waals surface area contributed by atoms with E-state index in [-0.39, 0.29) is 4.90 Å². The predicted octanol–water partition coefficient (Wildman–Crippen LogP) is 2.13. The number of sulfonamides is 1. The molecule has 2 rings (SSSR count). The zero-order chi connectivity index (χ0) is 15.3. The van der Waals surface area contributed by atoms with Gasteiger partial charge in [0.25, 0.3) is 0 Å². The van der Waals surface area contributed by atoms with Gasteiger partial charge in [-0.05, 0) is 37.3 Å². The maximum absolute atomic E-state index is 12.7. The first kappa shape index (κ1) is 16.4. The van der Waals surface area contributed by atoms with Crippen LogP contribution < -0.4 is 5.73 Å². The maximum Gasteiger partial charge on any atom is 0.244 e. The Morgan fingerprint density at radius 2 is 2.14 bits per heavy atom. The fourth-order valence-corrected chi connectivity index (χ4v) is 4.35. The second kappa shape index (κ2) is 7.33. The van der Waals surface area contributed by atoms with E-state index in [4.69, 9.17) is 5.73 Å². The van der Waals surface area contributed by atoms with Crippen molar-refractivity contribution in [3.8, 4) is 0 Å². The van der Waals surface area contributed by atoms with Crippen LogP contribution in [0.25, 0.3) is 0 Å². The van der Waals surface area contributed by atoms with Crippen molar-refractivity contribution >= 4 is 10.0 Å². The van der Waals surface area contributed by atoms with Crippen molar-refractivity contribution in [1.82, 2.24) is 9.29 Å². The summed E-state index contributed by atoms with van der Waals surface area (Å²) in [7, 11) is -3.42. The molecule has 0 spiro atoms. The van der Waals surface area contributed by atoms with Crippen molar-refractivity contribution in [3.63, 3.8) is 0 Å². The molecule has 0 radical (unpaired) electrons. The minimum Gasteiger partial charge on any atom is -0.325 e. The van der Waals surface area contributed by atoms with E-state index in [0.717, 1.165) is 19.3 Å². The molecule has 1 saturated heterocycles. The number of aromatic nitrogens is 1. The lowest BCUT2D eigenvalue weighted by Gasteiger charge is -2.20. The van der Waals surface area contributed by atoms with Gasteiger partial charge in [-0.25, -0.2) is 8.42 Å². The summed E-state index contributed by atoms with van der Waals surface area (Å²) in [5, 5.41) is 0. The minimum absolute atomic E-state index is 0.272. The zero-order valence-corrected chi connectivity index (χ0v) is 13.5. The third-order valence-corrected chi connectivity index (χ3v) is 6.03. The highest BCUT2D eigenvalue weighted by Crippen LogP contribution is 2.25. The molecule has 0 aliphatic carbocycles. The molecule has 118 valence electrons. The molecule has 5 nitrogen and oxygen atoms in total. The topological polar surface area (TPSA) is 76.3 Å². The number of hydrogen-bond acceptors (Lipinski definition) is 4. The quantitative estimate of drug-likeness (QED) is 0.904. The van der Waals surface area contributed by atoms with Gasteiger partial charge in [-0.1, -0.05) is 19.8 Å². The van der Waals surface area contributed by atoms with E-state index in [1.807, 2.05) is 0 Å². The normalized spacial score (nSPS) is 21.1. The molecule has 1 aliphatic heterocycles. The SMILES string of the molecule is CCCC1CCCN(S(=O)(=O)c2ccc(CN)nc2)CC1. The molecule has 2 N–H and O–H groups in total. The molecule has 0 bridgehead atoms. The molecular weight excluding hydrogens is 286 g/mol. The fourth-order valence-electron chi connectivity index (χ4n) is 2.91. The van der Waals surface area contributed by atoms with Crippen LogP contribution >= 0.6 is 0 Å². The summed E-state index contributed by atoms with van der Waals surface area (Å²) in [4.78, 5) is 4.37. The van der Waals surface area contributed by atoms with Crippen LogP contribution in [0.5, 0.6) is 0 Å². The van der Waals surface area contributed by atoms with Gasteiger partial charge in [0.1, 0.15) is 4.90 Å². The lowest BCUT2D eigenvalue weighted by molar-refractivity contribution is 0.400. The van der Waals surface area contributed by atoms with Crippen LogP contribution in [0.3, 0.4) is 0 Å². The first-order valence-corrected chi connectivity index (χ1v) is 9.17. The molecule has 1 atom stereocenters. The van der Waals surface area contributed by atoms with Crippen LogP contribution in [0, 0.1) is 5.92 Å². The number of pyridine rings is 1. The standard InChI is InChI=1S/C15H25N3O2S/c1-2-4-13-5-3-9-18(10-8-13)21(19,20)15-7-6-14(11-16)17-12-15/h6-7,12-13H,2-5,8-11,16H2,1H3. The van der Waals surface area contributed by atoms with E-state index >= 15 is 0 Å². The molecule has 1 aromatic heterocycles. The Balaban J connectivity index is 2.11. The summed E-state index contributed by atoms with van der Waals surface area (Å²) in [5.41, 5.74) is 6.20. The summed E-state index contributed by atoms with van der Waals surface area (Å²) in [6.45, 7) is 3.74. The highest BCUT2D eigenvalue weighted by atomic mass is 32.2. The van der Waals surface area contributed by atoms with Gasteiger partial charge in [-0.3, -0.25) is 4.98 Å². The van der Waals surface area contributed by atoms with Crippen LogP contribution in [-0.2, 0) is 16.6 Å². The van der Waals surface area contributed by atoms with Crippen LogP contribution in [0.4, 0.5) is 0 Å². The van der Waals surface area contributed by atoms with Crippen molar-refractivity contribution in [3.05, 3.63) is 24.0 Å². The molecule has 1 aliphatic rings. The lowest BCUT2D eigenvalue weighted by atomic mass is 9.96. The Kier molecular flexibility index (Phi) is 5.72. The third kappa shape index (κ3) is 4.02. The van der Waals surface area contributed by atoms with Crippen LogP contribution in [0.2, 0.25) is 0 Å². The third-order valence-electron chi connectivity index (χ3n) is 4.15. The van der Waals surface area contributed by atoms with E-state index in [1.165, 1.54) is 19.0 Å². The number of rotatable bonds is 5. The second-order valence-electron chi connectivity index (χ2n) is 5.68. The van der Waals surface area contributed by atoms with Crippen molar-refractivity contribution in [2.24, 2.45) is 11.7 Å². The second-order valence-corrected chi connectivity index (χ2v) is 7.62. The Labute approximate surface area is 127 Å². The Morgan fingerprint density at radius 3 is 2.76 bits per heavy atom. The molecule has 1 unspecified atom stereocenters. The largest absolute Gasteiger partial charge is 0.325 e. The van der Waals surface area contributed by atoms with Crippen LogP contribution in [0.15, 0.2) is 23.2 Å².